The molecule has 0 aliphatic rings. The van der Waals surface area contributed by atoms with Gasteiger partial charge < -0.3 is 5.32 Å². The van der Waals surface area contributed by atoms with Gasteiger partial charge in [0.15, 0.2) is 5.82 Å². The van der Waals surface area contributed by atoms with Crippen molar-refractivity contribution >= 4 is 17.6 Å². The number of thioether (sulfide) groups is 1. The molecule has 1 aromatic heterocycles. The third-order valence-corrected chi connectivity index (χ3v) is 3.77. The molecular formula is C13H20N4S. The molecule has 0 saturated heterocycles. The van der Waals surface area contributed by atoms with Gasteiger partial charge in [-0.25, -0.2) is 0 Å². The van der Waals surface area contributed by atoms with Crippen LogP contribution in [0, 0.1) is 25.2 Å². The maximum atomic E-state index is 9.15. The van der Waals surface area contributed by atoms with Crippen molar-refractivity contribution in [2.24, 2.45) is 0 Å². The van der Waals surface area contributed by atoms with Crippen LogP contribution in [0.4, 0.5) is 5.82 Å². The summed E-state index contributed by atoms with van der Waals surface area (Å²) in [5.41, 5.74) is 2.31. The van der Waals surface area contributed by atoms with Crippen LogP contribution in [0.3, 0.4) is 0 Å². The molecule has 0 radical (unpaired) electrons. The van der Waals surface area contributed by atoms with E-state index in [4.69, 9.17) is 5.26 Å². The number of nitriles is 1. The predicted octanol–water partition coefficient (Wildman–Crippen LogP) is 2.91. The van der Waals surface area contributed by atoms with Gasteiger partial charge in [-0.3, -0.25) is 0 Å². The molecular weight excluding hydrogens is 244 g/mol. The van der Waals surface area contributed by atoms with Gasteiger partial charge in [0.1, 0.15) is 11.6 Å². The highest BCUT2D eigenvalue weighted by atomic mass is 32.2. The molecule has 0 amide bonds. The minimum absolute atomic E-state index is 0.259. The molecule has 0 unspecified atom stereocenters. The number of rotatable bonds is 4. The van der Waals surface area contributed by atoms with E-state index in [-0.39, 0.29) is 4.75 Å². The molecule has 0 aliphatic heterocycles. The highest BCUT2D eigenvalue weighted by molar-refractivity contribution is 8.00. The van der Waals surface area contributed by atoms with Gasteiger partial charge >= 0.3 is 0 Å². The Morgan fingerprint density at radius 2 is 1.94 bits per heavy atom. The topological polar surface area (TPSA) is 61.6 Å². The molecule has 4 nitrogen and oxygen atoms in total. The molecule has 0 fully saturated rings. The number of aryl methyl sites for hydroxylation is 1. The van der Waals surface area contributed by atoms with Crippen molar-refractivity contribution in [1.29, 1.82) is 5.26 Å². The van der Waals surface area contributed by atoms with E-state index >= 15 is 0 Å². The summed E-state index contributed by atoms with van der Waals surface area (Å²) < 4.78 is 0.259. The first-order valence-electron chi connectivity index (χ1n) is 5.97. The monoisotopic (exact) mass is 264 g/mol. The number of nitrogens with zero attached hydrogens (tertiary/aromatic N) is 3. The smallest absolute Gasteiger partial charge is 0.166 e. The Labute approximate surface area is 113 Å². The van der Waals surface area contributed by atoms with Gasteiger partial charge in [-0.1, -0.05) is 20.8 Å². The normalized spacial score (nSPS) is 11.1. The fourth-order valence-corrected chi connectivity index (χ4v) is 2.21. The van der Waals surface area contributed by atoms with Crippen LogP contribution < -0.4 is 5.32 Å². The number of nitrogens with one attached hydrogen (secondary N) is 1. The lowest BCUT2D eigenvalue weighted by atomic mass is 10.1. The minimum atomic E-state index is 0.259. The molecule has 5 heteroatoms. The van der Waals surface area contributed by atoms with Crippen molar-refractivity contribution in [1.82, 2.24) is 10.2 Å². The Morgan fingerprint density at radius 3 is 2.50 bits per heavy atom. The van der Waals surface area contributed by atoms with Crippen LogP contribution in [-0.4, -0.2) is 27.2 Å². The van der Waals surface area contributed by atoms with Crippen LogP contribution in [0.15, 0.2) is 0 Å². The Morgan fingerprint density at radius 1 is 1.28 bits per heavy atom. The summed E-state index contributed by atoms with van der Waals surface area (Å²) in [5.74, 6) is 1.57. The summed E-state index contributed by atoms with van der Waals surface area (Å²) in [5, 5.41) is 20.4. The van der Waals surface area contributed by atoms with Crippen molar-refractivity contribution in [3.63, 3.8) is 0 Å². The quantitative estimate of drug-likeness (QED) is 0.847. The zero-order chi connectivity index (χ0) is 13.8. The average molecular weight is 264 g/mol. The van der Waals surface area contributed by atoms with Crippen molar-refractivity contribution in [3.8, 4) is 6.07 Å². The van der Waals surface area contributed by atoms with Crippen LogP contribution in [0.2, 0.25) is 0 Å². The first-order valence-corrected chi connectivity index (χ1v) is 6.95. The number of hydrogen-bond acceptors (Lipinski definition) is 5. The van der Waals surface area contributed by atoms with Gasteiger partial charge in [0, 0.05) is 17.0 Å². The van der Waals surface area contributed by atoms with Crippen LogP contribution in [0.5, 0.6) is 0 Å². The molecule has 98 valence electrons. The Bertz CT molecular complexity index is 457. The second-order valence-electron chi connectivity index (χ2n) is 5.13. The average Bonchev–Trinajstić information content (AvgIpc) is 2.28. The van der Waals surface area contributed by atoms with E-state index in [1.165, 1.54) is 0 Å². The van der Waals surface area contributed by atoms with E-state index in [2.05, 4.69) is 42.4 Å². The van der Waals surface area contributed by atoms with E-state index in [9.17, 15) is 0 Å². The van der Waals surface area contributed by atoms with Crippen molar-refractivity contribution in [2.45, 2.75) is 39.4 Å². The maximum absolute atomic E-state index is 9.15. The number of aromatic nitrogens is 2. The number of anilines is 1. The summed E-state index contributed by atoms with van der Waals surface area (Å²) in [6, 6.07) is 2.19. The third-order valence-electron chi connectivity index (χ3n) is 2.50. The third kappa shape index (κ3) is 4.19. The summed E-state index contributed by atoms with van der Waals surface area (Å²) in [6.07, 6.45) is 0. The maximum Gasteiger partial charge on any atom is 0.166 e. The summed E-state index contributed by atoms with van der Waals surface area (Å²) >= 11 is 1.88. The fraction of sp³-hybridized carbons (Fsp3) is 0.615. The Balaban J connectivity index is 2.64. The molecule has 0 saturated carbocycles. The second kappa shape index (κ2) is 6.05. The summed E-state index contributed by atoms with van der Waals surface area (Å²) in [6.45, 7) is 11.1. The van der Waals surface area contributed by atoms with Crippen LogP contribution in [0.25, 0.3) is 0 Å². The van der Waals surface area contributed by atoms with E-state index in [1.54, 1.807) is 0 Å². The molecule has 18 heavy (non-hydrogen) atoms. The molecule has 0 atom stereocenters. The van der Waals surface area contributed by atoms with E-state index in [0.29, 0.717) is 11.4 Å². The standard InChI is InChI=1S/C13H20N4S/c1-9-10(2)16-17-12(11(9)8-14)15-6-7-18-13(3,4)5/h6-7H2,1-5H3,(H,15,17). The molecule has 0 spiro atoms. The predicted molar refractivity (Wildman–Crippen MR) is 76.9 cm³/mol. The van der Waals surface area contributed by atoms with Crippen LogP contribution in [0.1, 0.15) is 37.6 Å². The highest BCUT2D eigenvalue weighted by Gasteiger charge is 2.12. The molecule has 1 aromatic rings. The SMILES string of the molecule is Cc1nnc(NCCSC(C)(C)C)c(C#N)c1C. The zero-order valence-electron chi connectivity index (χ0n) is 11.7. The van der Waals surface area contributed by atoms with Gasteiger partial charge in [-0.05, 0) is 19.4 Å². The van der Waals surface area contributed by atoms with Gasteiger partial charge in [0.2, 0.25) is 0 Å². The fourth-order valence-electron chi connectivity index (χ4n) is 1.40. The lowest BCUT2D eigenvalue weighted by Crippen LogP contribution is -2.14. The van der Waals surface area contributed by atoms with Crippen molar-refractivity contribution in [2.75, 3.05) is 17.6 Å². The number of hydrogen-bond donors (Lipinski definition) is 1. The first kappa shape index (κ1) is 14.8. The first-order chi connectivity index (χ1) is 8.35. The summed E-state index contributed by atoms with van der Waals surface area (Å²) in [7, 11) is 0. The highest BCUT2D eigenvalue weighted by Crippen LogP contribution is 2.23. The van der Waals surface area contributed by atoms with Crippen LogP contribution >= 0.6 is 11.8 Å². The van der Waals surface area contributed by atoms with E-state index in [1.807, 2.05) is 25.6 Å². The molecule has 1 rings (SSSR count). The lowest BCUT2D eigenvalue weighted by molar-refractivity contribution is 0.802. The molecule has 1 heterocycles. The lowest BCUT2D eigenvalue weighted by Gasteiger charge is -2.17. The van der Waals surface area contributed by atoms with Gasteiger partial charge in [-0.15, -0.1) is 5.10 Å². The van der Waals surface area contributed by atoms with E-state index in [0.717, 1.165) is 23.6 Å². The molecule has 0 aromatic carbocycles. The van der Waals surface area contributed by atoms with Gasteiger partial charge in [0.25, 0.3) is 0 Å². The zero-order valence-corrected chi connectivity index (χ0v) is 12.5. The Hall–Kier alpha value is -1.28. The van der Waals surface area contributed by atoms with Crippen molar-refractivity contribution < 1.29 is 0 Å². The summed E-state index contributed by atoms with van der Waals surface area (Å²) in [4.78, 5) is 0. The van der Waals surface area contributed by atoms with Gasteiger partial charge in [-0.2, -0.15) is 22.1 Å². The van der Waals surface area contributed by atoms with Crippen molar-refractivity contribution in [3.05, 3.63) is 16.8 Å². The van der Waals surface area contributed by atoms with Crippen LogP contribution in [-0.2, 0) is 0 Å². The van der Waals surface area contributed by atoms with E-state index < -0.39 is 0 Å². The second-order valence-corrected chi connectivity index (χ2v) is 7.06. The molecule has 0 bridgehead atoms. The largest absolute Gasteiger partial charge is 0.367 e. The molecule has 0 aliphatic carbocycles. The Kier molecular flexibility index (Phi) is 4.97. The van der Waals surface area contributed by atoms with Gasteiger partial charge in [0.05, 0.1) is 5.69 Å². The molecule has 1 N–H and O–H groups in total. The minimum Gasteiger partial charge on any atom is -0.367 e.